The maximum absolute atomic E-state index is 12.3. The highest BCUT2D eigenvalue weighted by atomic mass is 16.5. The predicted octanol–water partition coefficient (Wildman–Crippen LogP) is 4.29. The van der Waals surface area contributed by atoms with Crippen LogP contribution in [0.4, 0.5) is 5.69 Å². The van der Waals surface area contributed by atoms with Crippen molar-refractivity contribution < 1.29 is 23.9 Å². The number of esters is 2. The second kappa shape index (κ2) is 11.5. The molecule has 0 saturated carbocycles. The van der Waals surface area contributed by atoms with Gasteiger partial charge >= 0.3 is 11.9 Å². The number of ether oxygens (including phenoxy) is 2. The number of hydrogen-bond acceptors (Lipinski definition) is 6. The first-order valence-corrected chi connectivity index (χ1v) is 9.60. The summed E-state index contributed by atoms with van der Waals surface area (Å²) in [4.78, 5) is 40.9. The highest BCUT2D eigenvalue weighted by Gasteiger charge is 2.25. The molecule has 2 aromatic rings. The minimum atomic E-state index is -1.05. The average molecular weight is 395 g/mol. The molecular weight excluding hydrogens is 370 g/mol. The summed E-state index contributed by atoms with van der Waals surface area (Å²) in [6.07, 6.45) is 2.22. The van der Waals surface area contributed by atoms with Crippen molar-refractivity contribution in [2.24, 2.45) is 10.9 Å². The maximum Gasteiger partial charge on any atom is 0.338 e. The van der Waals surface area contributed by atoms with Crippen molar-refractivity contribution in [2.75, 3.05) is 6.61 Å². The Morgan fingerprint density at radius 2 is 1.66 bits per heavy atom. The van der Waals surface area contributed by atoms with Crippen molar-refractivity contribution in [3.63, 3.8) is 0 Å². The van der Waals surface area contributed by atoms with E-state index in [1.54, 1.807) is 55.5 Å². The number of benzene rings is 2. The fourth-order valence-electron chi connectivity index (χ4n) is 2.62. The first-order valence-electron chi connectivity index (χ1n) is 9.60. The minimum absolute atomic E-state index is 0.0220. The van der Waals surface area contributed by atoms with Crippen LogP contribution in [-0.2, 0) is 25.7 Å². The van der Waals surface area contributed by atoms with Crippen LogP contribution in [0.1, 0.15) is 42.6 Å². The predicted molar refractivity (Wildman–Crippen MR) is 110 cm³/mol. The SMILES string of the molecule is CCCC(=O)C(C=Nc1ccccc1COC(=O)c1ccccc1)C(=O)OCC. The van der Waals surface area contributed by atoms with Gasteiger partial charge in [0.2, 0.25) is 0 Å². The lowest BCUT2D eigenvalue weighted by molar-refractivity contribution is -0.148. The number of hydrogen-bond donors (Lipinski definition) is 0. The van der Waals surface area contributed by atoms with E-state index < -0.39 is 17.9 Å². The molecule has 0 bridgehead atoms. The minimum Gasteiger partial charge on any atom is -0.465 e. The lowest BCUT2D eigenvalue weighted by Crippen LogP contribution is -2.27. The number of Topliss-reactive ketones (excluding diaryl/α,β-unsaturated/α-hetero) is 1. The summed E-state index contributed by atoms with van der Waals surface area (Å²) in [7, 11) is 0. The molecule has 0 spiro atoms. The molecule has 1 unspecified atom stereocenters. The Morgan fingerprint density at radius 1 is 0.966 bits per heavy atom. The van der Waals surface area contributed by atoms with E-state index in [0.717, 1.165) is 0 Å². The summed E-state index contributed by atoms with van der Waals surface area (Å²) in [5, 5.41) is 0. The molecule has 29 heavy (non-hydrogen) atoms. The number of carbonyl (C=O) groups is 3. The number of para-hydroxylation sites is 1. The molecule has 6 heteroatoms. The summed E-state index contributed by atoms with van der Waals surface area (Å²) in [6, 6.07) is 15.8. The Morgan fingerprint density at radius 3 is 2.34 bits per heavy atom. The number of rotatable bonds is 10. The molecule has 0 amide bonds. The van der Waals surface area contributed by atoms with Crippen LogP contribution >= 0.6 is 0 Å². The van der Waals surface area contributed by atoms with Gasteiger partial charge in [-0.2, -0.15) is 0 Å². The lowest BCUT2D eigenvalue weighted by Gasteiger charge is -2.11. The Labute approximate surface area is 170 Å². The third kappa shape index (κ3) is 6.68. The van der Waals surface area contributed by atoms with Crippen molar-refractivity contribution in [1.82, 2.24) is 0 Å². The average Bonchev–Trinajstić information content (AvgIpc) is 2.74. The van der Waals surface area contributed by atoms with Crippen LogP contribution in [-0.4, -0.2) is 30.5 Å². The molecule has 0 aliphatic rings. The largest absolute Gasteiger partial charge is 0.465 e. The molecular formula is C23H25NO5. The summed E-state index contributed by atoms with van der Waals surface area (Å²) in [6.45, 7) is 3.77. The zero-order valence-electron chi connectivity index (χ0n) is 16.7. The first-order chi connectivity index (χ1) is 14.1. The molecule has 152 valence electrons. The van der Waals surface area contributed by atoms with Crippen LogP contribution in [0.3, 0.4) is 0 Å². The summed E-state index contributed by atoms with van der Waals surface area (Å²) >= 11 is 0. The van der Waals surface area contributed by atoms with Crippen molar-refractivity contribution in [3.05, 3.63) is 65.7 Å². The topological polar surface area (TPSA) is 82.0 Å². The second-order valence-corrected chi connectivity index (χ2v) is 6.30. The molecule has 0 fully saturated rings. The lowest BCUT2D eigenvalue weighted by atomic mass is 10.0. The van der Waals surface area contributed by atoms with Crippen LogP contribution in [0.15, 0.2) is 59.6 Å². The van der Waals surface area contributed by atoms with Crippen LogP contribution in [0.2, 0.25) is 0 Å². The standard InChI is InChI=1S/C23H25NO5/c1-3-10-21(25)19(23(27)28-4-2)15-24-20-14-9-8-13-18(20)16-29-22(26)17-11-6-5-7-12-17/h5-9,11-15,19H,3-4,10,16H2,1-2H3. The Hall–Kier alpha value is -3.28. The molecule has 2 rings (SSSR count). The van der Waals surface area contributed by atoms with E-state index in [2.05, 4.69) is 4.99 Å². The van der Waals surface area contributed by atoms with Crippen molar-refractivity contribution in [2.45, 2.75) is 33.3 Å². The van der Waals surface area contributed by atoms with Gasteiger partial charge in [-0.25, -0.2) is 4.79 Å². The molecule has 0 N–H and O–H groups in total. The zero-order chi connectivity index (χ0) is 21.1. The smallest absolute Gasteiger partial charge is 0.338 e. The number of aliphatic imine (C=N–C) groups is 1. The molecule has 0 aromatic heterocycles. The normalized spacial score (nSPS) is 11.8. The highest BCUT2D eigenvalue weighted by molar-refractivity contribution is 6.12. The van der Waals surface area contributed by atoms with Gasteiger partial charge < -0.3 is 9.47 Å². The molecule has 0 radical (unpaired) electrons. The molecule has 1 atom stereocenters. The molecule has 0 aliphatic heterocycles. The molecule has 0 aliphatic carbocycles. The van der Waals surface area contributed by atoms with Crippen LogP contribution < -0.4 is 0 Å². The molecule has 6 nitrogen and oxygen atoms in total. The van der Waals surface area contributed by atoms with Gasteiger partial charge in [0.1, 0.15) is 6.61 Å². The van der Waals surface area contributed by atoms with Gasteiger partial charge in [-0.3, -0.25) is 14.6 Å². The second-order valence-electron chi connectivity index (χ2n) is 6.30. The Balaban J connectivity index is 2.14. The highest BCUT2D eigenvalue weighted by Crippen LogP contribution is 2.21. The Kier molecular flexibility index (Phi) is 8.76. The first kappa shape index (κ1) is 22.0. The van der Waals surface area contributed by atoms with Gasteiger partial charge in [0.05, 0.1) is 17.9 Å². The van der Waals surface area contributed by atoms with Gasteiger partial charge in [-0.1, -0.05) is 43.3 Å². The number of carbonyl (C=O) groups excluding carboxylic acids is 3. The van der Waals surface area contributed by atoms with Crippen molar-refractivity contribution in [3.8, 4) is 0 Å². The fourth-order valence-corrected chi connectivity index (χ4v) is 2.62. The van der Waals surface area contributed by atoms with E-state index in [1.165, 1.54) is 6.21 Å². The monoisotopic (exact) mass is 395 g/mol. The third-order valence-corrected chi connectivity index (χ3v) is 4.11. The van der Waals surface area contributed by atoms with Crippen LogP contribution in [0.5, 0.6) is 0 Å². The van der Waals surface area contributed by atoms with Crippen molar-refractivity contribution in [1.29, 1.82) is 0 Å². The van der Waals surface area contributed by atoms with E-state index in [0.29, 0.717) is 23.2 Å². The van der Waals surface area contributed by atoms with E-state index in [-0.39, 0.29) is 25.4 Å². The molecule has 2 aromatic carbocycles. The van der Waals surface area contributed by atoms with Gasteiger partial charge in [-0.15, -0.1) is 0 Å². The quantitative estimate of drug-likeness (QED) is 0.340. The summed E-state index contributed by atoms with van der Waals surface area (Å²) in [5.41, 5.74) is 1.64. The van der Waals surface area contributed by atoms with Crippen molar-refractivity contribution >= 4 is 29.6 Å². The number of nitrogens with zero attached hydrogens (tertiary/aromatic N) is 1. The molecule has 0 heterocycles. The summed E-state index contributed by atoms with van der Waals surface area (Å²) in [5.74, 6) is -2.33. The summed E-state index contributed by atoms with van der Waals surface area (Å²) < 4.78 is 10.4. The number of ketones is 1. The molecule has 0 saturated heterocycles. The Bertz CT molecular complexity index is 843. The van der Waals surface area contributed by atoms with Crippen LogP contribution in [0, 0.1) is 5.92 Å². The fraction of sp³-hybridized carbons (Fsp3) is 0.304. The van der Waals surface area contributed by atoms with Gasteiger partial charge in [0.15, 0.2) is 11.7 Å². The maximum atomic E-state index is 12.3. The zero-order valence-corrected chi connectivity index (χ0v) is 16.7. The van der Waals surface area contributed by atoms with E-state index in [1.807, 2.05) is 13.0 Å². The van der Waals surface area contributed by atoms with E-state index in [9.17, 15) is 14.4 Å². The van der Waals surface area contributed by atoms with Gasteiger partial charge in [0, 0.05) is 18.2 Å². The van der Waals surface area contributed by atoms with Gasteiger partial charge in [-0.05, 0) is 31.5 Å². The van der Waals surface area contributed by atoms with Gasteiger partial charge in [0.25, 0.3) is 0 Å². The van der Waals surface area contributed by atoms with E-state index >= 15 is 0 Å². The van der Waals surface area contributed by atoms with E-state index in [4.69, 9.17) is 9.47 Å². The third-order valence-electron chi connectivity index (χ3n) is 4.11. The van der Waals surface area contributed by atoms with Crippen LogP contribution in [0.25, 0.3) is 0 Å².